The molecule has 1 aliphatic rings. The number of nitrogens with one attached hydrogen (secondary N) is 1. The normalized spacial score (nSPS) is 16.1. The van der Waals surface area contributed by atoms with Crippen LogP contribution in [0.2, 0.25) is 0 Å². The molecule has 3 aromatic rings. The van der Waals surface area contributed by atoms with E-state index in [9.17, 15) is 9.59 Å². The molecule has 1 N–H and O–H groups in total. The van der Waals surface area contributed by atoms with Gasteiger partial charge in [0.2, 0.25) is 16.9 Å². The number of rotatable bonds is 5. The Hall–Kier alpha value is -3.06. The van der Waals surface area contributed by atoms with E-state index in [1.54, 1.807) is 4.90 Å². The number of amides is 2. The van der Waals surface area contributed by atoms with Gasteiger partial charge in [0.05, 0.1) is 6.42 Å². The second-order valence-electron chi connectivity index (χ2n) is 6.68. The van der Waals surface area contributed by atoms with E-state index in [0.29, 0.717) is 24.5 Å². The van der Waals surface area contributed by atoms with Crippen molar-refractivity contribution in [1.82, 2.24) is 15.1 Å². The van der Waals surface area contributed by atoms with Gasteiger partial charge in [0.25, 0.3) is 0 Å². The molecule has 1 unspecified atom stereocenters. The molecule has 0 saturated carbocycles. The third-order valence-corrected chi connectivity index (χ3v) is 5.64. The molecule has 0 aliphatic carbocycles. The third kappa shape index (κ3) is 4.09. The monoisotopic (exact) mass is 392 g/mol. The first-order valence-electron chi connectivity index (χ1n) is 9.24. The third-order valence-electron chi connectivity index (χ3n) is 4.75. The summed E-state index contributed by atoms with van der Waals surface area (Å²) in [6, 6.07) is 18.9. The number of benzene rings is 2. The van der Waals surface area contributed by atoms with E-state index in [4.69, 9.17) is 0 Å². The van der Waals surface area contributed by atoms with E-state index in [0.717, 1.165) is 22.6 Å². The standard InChI is InChI=1S/C21H20N4O2S/c26-18(14-15-8-3-1-4-9-15)25-13-7-12-17(25)19(27)22-21-24-23-20(28-21)16-10-5-2-6-11-16/h1-6,8-11,17H,7,12-14H2,(H,22,24,27). The van der Waals surface area contributed by atoms with Gasteiger partial charge in [-0.3, -0.25) is 14.9 Å². The van der Waals surface area contributed by atoms with Crippen LogP contribution < -0.4 is 5.32 Å². The summed E-state index contributed by atoms with van der Waals surface area (Å²) in [5.41, 5.74) is 1.91. The fourth-order valence-corrected chi connectivity index (χ4v) is 4.12. The lowest BCUT2D eigenvalue weighted by atomic mass is 10.1. The smallest absolute Gasteiger partial charge is 0.249 e. The fraction of sp³-hybridized carbons (Fsp3) is 0.238. The first kappa shape index (κ1) is 18.3. The van der Waals surface area contributed by atoms with Crippen LogP contribution >= 0.6 is 11.3 Å². The van der Waals surface area contributed by atoms with Crippen molar-refractivity contribution in [1.29, 1.82) is 0 Å². The maximum Gasteiger partial charge on any atom is 0.249 e. The summed E-state index contributed by atoms with van der Waals surface area (Å²) < 4.78 is 0. The van der Waals surface area contributed by atoms with Crippen LogP contribution in [0.3, 0.4) is 0 Å². The van der Waals surface area contributed by atoms with Crippen molar-refractivity contribution in [2.24, 2.45) is 0 Å². The highest BCUT2D eigenvalue weighted by Crippen LogP contribution is 2.27. The average Bonchev–Trinajstić information content (AvgIpc) is 3.39. The van der Waals surface area contributed by atoms with Gasteiger partial charge in [-0.05, 0) is 18.4 Å². The molecular formula is C21H20N4O2S. The van der Waals surface area contributed by atoms with E-state index in [-0.39, 0.29) is 11.8 Å². The predicted octanol–water partition coefficient (Wildman–Crippen LogP) is 3.38. The lowest BCUT2D eigenvalue weighted by molar-refractivity contribution is -0.136. The highest BCUT2D eigenvalue weighted by molar-refractivity contribution is 7.18. The molecule has 0 bridgehead atoms. The van der Waals surface area contributed by atoms with E-state index < -0.39 is 6.04 Å². The van der Waals surface area contributed by atoms with Crippen molar-refractivity contribution >= 4 is 28.3 Å². The molecule has 1 saturated heterocycles. The first-order valence-corrected chi connectivity index (χ1v) is 10.1. The number of nitrogens with zero attached hydrogens (tertiary/aromatic N) is 3. The van der Waals surface area contributed by atoms with Crippen molar-refractivity contribution in [2.45, 2.75) is 25.3 Å². The molecule has 1 fully saturated rings. The van der Waals surface area contributed by atoms with Gasteiger partial charge >= 0.3 is 0 Å². The molecule has 1 atom stereocenters. The minimum Gasteiger partial charge on any atom is -0.330 e. The molecule has 6 nitrogen and oxygen atoms in total. The van der Waals surface area contributed by atoms with Gasteiger partial charge in [-0.15, -0.1) is 10.2 Å². The lowest BCUT2D eigenvalue weighted by Crippen LogP contribution is -2.43. The summed E-state index contributed by atoms with van der Waals surface area (Å²) in [5.74, 6) is -0.222. The molecule has 142 valence electrons. The molecule has 1 aromatic heterocycles. The summed E-state index contributed by atoms with van der Waals surface area (Å²) in [5, 5.41) is 12.3. The average molecular weight is 392 g/mol. The summed E-state index contributed by atoms with van der Waals surface area (Å²) in [4.78, 5) is 27.1. The van der Waals surface area contributed by atoms with Gasteiger partial charge in [0.15, 0.2) is 0 Å². The number of carbonyl (C=O) groups is 2. The van der Waals surface area contributed by atoms with Gasteiger partial charge in [-0.1, -0.05) is 72.0 Å². The quantitative estimate of drug-likeness (QED) is 0.722. The maximum absolute atomic E-state index is 12.8. The van der Waals surface area contributed by atoms with Gasteiger partial charge < -0.3 is 4.90 Å². The zero-order chi connectivity index (χ0) is 19.3. The lowest BCUT2D eigenvalue weighted by Gasteiger charge is -2.23. The van der Waals surface area contributed by atoms with E-state index in [1.165, 1.54) is 11.3 Å². The van der Waals surface area contributed by atoms with Crippen molar-refractivity contribution < 1.29 is 9.59 Å². The summed E-state index contributed by atoms with van der Waals surface area (Å²) in [7, 11) is 0. The molecule has 2 heterocycles. The number of hydrogen-bond donors (Lipinski definition) is 1. The highest BCUT2D eigenvalue weighted by atomic mass is 32.1. The molecule has 0 radical (unpaired) electrons. The number of anilines is 1. The molecule has 4 rings (SSSR count). The Labute approximate surface area is 167 Å². The molecule has 28 heavy (non-hydrogen) atoms. The zero-order valence-corrected chi connectivity index (χ0v) is 16.1. The van der Waals surface area contributed by atoms with Crippen molar-refractivity contribution in [3.8, 4) is 10.6 Å². The molecule has 2 aromatic carbocycles. The zero-order valence-electron chi connectivity index (χ0n) is 15.2. The molecule has 1 aliphatic heterocycles. The van der Waals surface area contributed by atoms with Gasteiger partial charge in [0.1, 0.15) is 11.0 Å². The molecule has 2 amide bonds. The van der Waals surface area contributed by atoms with E-state index >= 15 is 0 Å². The largest absolute Gasteiger partial charge is 0.330 e. The summed E-state index contributed by atoms with van der Waals surface area (Å²) in [6.07, 6.45) is 1.79. The number of hydrogen-bond acceptors (Lipinski definition) is 5. The van der Waals surface area contributed by atoms with Gasteiger partial charge in [-0.2, -0.15) is 0 Å². The molecule has 7 heteroatoms. The predicted molar refractivity (Wildman–Crippen MR) is 109 cm³/mol. The Morgan fingerprint density at radius 2 is 1.75 bits per heavy atom. The van der Waals surface area contributed by atoms with E-state index in [2.05, 4.69) is 15.5 Å². The Morgan fingerprint density at radius 3 is 2.50 bits per heavy atom. The minimum atomic E-state index is -0.458. The Kier molecular flexibility index (Phi) is 5.43. The first-order chi connectivity index (χ1) is 13.7. The van der Waals surface area contributed by atoms with Gasteiger partial charge in [-0.25, -0.2) is 0 Å². The van der Waals surface area contributed by atoms with Crippen LogP contribution in [0.15, 0.2) is 60.7 Å². The van der Waals surface area contributed by atoms with Crippen molar-refractivity contribution in [2.75, 3.05) is 11.9 Å². The van der Waals surface area contributed by atoms with Crippen molar-refractivity contribution in [3.63, 3.8) is 0 Å². The SMILES string of the molecule is O=C(Nc1nnc(-c2ccccc2)s1)C1CCCN1C(=O)Cc1ccccc1. The van der Waals surface area contributed by atoms with Crippen LogP contribution in [-0.2, 0) is 16.0 Å². The Balaban J connectivity index is 1.41. The Morgan fingerprint density at radius 1 is 1.04 bits per heavy atom. The topological polar surface area (TPSA) is 75.2 Å². The van der Waals surface area contributed by atoms with Crippen LogP contribution in [0, 0.1) is 0 Å². The van der Waals surface area contributed by atoms with Crippen LogP contribution in [0.5, 0.6) is 0 Å². The summed E-state index contributed by atoms with van der Waals surface area (Å²) in [6.45, 7) is 0.606. The summed E-state index contributed by atoms with van der Waals surface area (Å²) >= 11 is 1.33. The van der Waals surface area contributed by atoms with Crippen LogP contribution in [0.25, 0.3) is 10.6 Å². The minimum absolute atomic E-state index is 0.0221. The fourth-order valence-electron chi connectivity index (χ4n) is 3.37. The Bertz CT molecular complexity index is 959. The van der Waals surface area contributed by atoms with Crippen LogP contribution in [0.1, 0.15) is 18.4 Å². The van der Waals surface area contributed by atoms with Gasteiger partial charge in [0, 0.05) is 12.1 Å². The van der Waals surface area contributed by atoms with Crippen LogP contribution in [0.4, 0.5) is 5.13 Å². The van der Waals surface area contributed by atoms with Crippen molar-refractivity contribution in [3.05, 3.63) is 66.2 Å². The highest BCUT2D eigenvalue weighted by Gasteiger charge is 2.34. The number of likely N-dealkylation sites (tertiary alicyclic amines) is 1. The molecular weight excluding hydrogens is 372 g/mol. The second kappa shape index (κ2) is 8.31. The second-order valence-corrected chi connectivity index (χ2v) is 7.65. The van der Waals surface area contributed by atoms with E-state index in [1.807, 2.05) is 60.7 Å². The maximum atomic E-state index is 12.8. The number of aromatic nitrogens is 2. The van der Waals surface area contributed by atoms with Crippen LogP contribution in [-0.4, -0.2) is 39.5 Å². The molecule has 0 spiro atoms. The number of carbonyl (C=O) groups excluding carboxylic acids is 2.